The van der Waals surface area contributed by atoms with Crippen molar-refractivity contribution in [3.05, 3.63) is 28.7 Å². The van der Waals surface area contributed by atoms with Crippen molar-refractivity contribution in [3.63, 3.8) is 0 Å². The van der Waals surface area contributed by atoms with Crippen LogP contribution in [0.1, 0.15) is 26.2 Å². The fraction of sp³-hybridized carbons (Fsp3) is 0.467. The van der Waals surface area contributed by atoms with Crippen LogP contribution in [0.3, 0.4) is 0 Å². The third kappa shape index (κ3) is 4.54. The fourth-order valence-corrected chi connectivity index (χ4v) is 2.63. The molecule has 0 spiro atoms. The zero-order chi connectivity index (χ0) is 15.4. The van der Waals surface area contributed by atoms with E-state index in [2.05, 4.69) is 21.2 Å². The number of carbonyl (C=O) groups excluding carboxylic acids is 1. The van der Waals surface area contributed by atoms with Crippen molar-refractivity contribution in [1.29, 1.82) is 0 Å². The normalized spacial score (nSPS) is 15.8. The highest BCUT2D eigenvalue weighted by atomic mass is 79.9. The second-order valence-corrected chi connectivity index (χ2v) is 6.12. The van der Waals surface area contributed by atoms with Crippen LogP contribution in [0.5, 0.6) is 0 Å². The van der Waals surface area contributed by atoms with Crippen molar-refractivity contribution < 1.29 is 14.7 Å². The molecule has 6 heteroatoms. The summed E-state index contributed by atoms with van der Waals surface area (Å²) in [5.41, 5.74) is 0.728. The summed E-state index contributed by atoms with van der Waals surface area (Å²) in [6, 6.07) is 7.17. The van der Waals surface area contributed by atoms with Crippen molar-refractivity contribution in [2.24, 2.45) is 0 Å². The molecule has 1 amide bonds. The molecule has 1 aliphatic carbocycles. The minimum Gasteiger partial charge on any atom is -0.480 e. The Bertz CT molecular complexity index is 531. The number of para-hydroxylation sites is 1. The van der Waals surface area contributed by atoms with Gasteiger partial charge < -0.3 is 10.4 Å². The molecule has 0 radical (unpaired) electrons. The quantitative estimate of drug-likeness (QED) is 0.789. The van der Waals surface area contributed by atoms with Gasteiger partial charge in [0.15, 0.2) is 0 Å². The lowest BCUT2D eigenvalue weighted by atomic mass is 10.2. The molecule has 1 atom stereocenters. The third-order valence-corrected chi connectivity index (χ3v) is 4.31. The number of halogens is 1. The molecule has 1 aromatic carbocycles. The Morgan fingerprint density at radius 2 is 2.10 bits per heavy atom. The van der Waals surface area contributed by atoms with Gasteiger partial charge in [0.05, 0.1) is 5.69 Å². The molecule has 2 N–H and O–H groups in total. The smallest absolute Gasteiger partial charge is 0.320 e. The van der Waals surface area contributed by atoms with Crippen molar-refractivity contribution >= 4 is 33.5 Å². The minimum absolute atomic E-state index is 0.106. The van der Waals surface area contributed by atoms with Crippen LogP contribution in [0.25, 0.3) is 0 Å². The first kappa shape index (κ1) is 16.0. The largest absolute Gasteiger partial charge is 0.480 e. The summed E-state index contributed by atoms with van der Waals surface area (Å²) >= 11 is 3.38. The van der Waals surface area contributed by atoms with E-state index in [1.807, 2.05) is 29.2 Å². The van der Waals surface area contributed by atoms with Gasteiger partial charge in [-0.3, -0.25) is 14.5 Å². The Labute approximate surface area is 132 Å². The predicted molar refractivity (Wildman–Crippen MR) is 84.2 cm³/mol. The van der Waals surface area contributed by atoms with E-state index >= 15 is 0 Å². The number of anilines is 1. The molecule has 5 nitrogen and oxygen atoms in total. The highest BCUT2D eigenvalue weighted by Crippen LogP contribution is 2.29. The van der Waals surface area contributed by atoms with Crippen LogP contribution >= 0.6 is 15.9 Å². The second-order valence-electron chi connectivity index (χ2n) is 5.26. The summed E-state index contributed by atoms with van der Waals surface area (Å²) in [6.45, 7) is 2.14. The van der Waals surface area contributed by atoms with Crippen molar-refractivity contribution in [3.8, 4) is 0 Å². The number of carbonyl (C=O) groups is 2. The maximum absolute atomic E-state index is 12.0. The molecule has 0 aliphatic heterocycles. The van der Waals surface area contributed by atoms with Gasteiger partial charge in [0.2, 0.25) is 5.91 Å². The number of hydrogen-bond acceptors (Lipinski definition) is 3. The fourth-order valence-electron chi connectivity index (χ4n) is 2.25. The topological polar surface area (TPSA) is 69.6 Å². The molecule has 2 rings (SSSR count). The predicted octanol–water partition coefficient (Wildman–Crippen LogP) is 2.72. The van der Waals surface area contributed by atoms with Gasteiger partial charge >= 0.3 is 5.97 Å². The first-order chi connectivity index (χ1) is 9.99. The molecule has 1 fully saturated rings. The Balaban J connectivity index is 1.87. The lowest BCUT2D eigenvalue weighted by Gasteiger charge is -2.25. The average molecular weight is 355 g/mol. The minimum atomic E-state index is -0.840. The van der Waals surface area contributed by atoms with Gasteiger partial charge in [-0.2, -0.15) is 0 Å². The van der Waals surface area contributed by atoms with Crippen LogP contribution in [0.4, 0.5) is 5.69 Å². The molecule has 1 saturated carbocycles. The zero-order valence-electron chi connectivity index (χ0n) is 11.9. The van der Waals surface area contributed by atoms with Gasteiger partial charge in [0.25, 0.3) is 0 Å². The Morgan fingerprint density at radius 1 is 1.43 bits per heavy atom. The van der Waals surface area contributed by atoms with E-state index in [9.17, 15) is 9.59 Å². The lowest BCUT2D eigenvalue weighted by Crippen LogP contribution is -2.42. The average Bonchev–Trinajstić information content (AvgIpc) is 3.26. The molecule has 21 heavy (non-hydrogen) atoms. The van der Waals surface area contributed by atoms with E-state index in [1.165, 1.54) is 0 Å². The number of nitrogens with zero attached hydrogens (tertiary/aromatic N) is 1. The van der Waals surface area contributed by atoms with Gasteiger partial charge in [0.1, 0.15) is 6.04 Å². The number of aliphatic carboxylic acids is 1. The zero-order valence-corrected chi connectivity index (χ0v) is 13.5. The standard InChI is InChI=1S/C15H19BrN2O3/c1-10(15(20)21)18(11-6-7-11)9-8-14(19)17-13-5-3-2-4-12(13)16/h2-5,10-11H,6-9H2,1H3,(H,17,19)(H,20,21). The van der Waals surface area contributed by atoms with Crippen molar-refractivity contribution in [2.45, 2.75) is 38.3 Å². The van der Waals surface area contributed by atoms with Crippen LogP contribution in [0.15, 0.2) is 28.7 Å². The molecular weight excluding hydrogens is 336 g/mol. The van der Waals surface area contributed by atoms with Crippen LogP contribution in [0.2, 0.25) is 0 Å². The summed E-state index contributed by atoms with van der Waals surface area (Å²) in [7, 11) is 0. The van der Waals surface area contributed by atoms with Crippen molar-refractivity contribution in [1.82, 2.24) is 4.90 Å². The highest BCUT2D eigenvalue weighted by Gasteiger charge is 2.34. The Morgan fingerprint density at radius 3 is 2.67 bits per heavy atom. The first-order valence-electron chi connectivity index (χ1n) is 7.02. The third-order valence-electron chi connectivity index (χ3n) is 3.62. The van der Waals surface area contributed by atoms with Crippen molar-refractivity contribution in [2.75, 3.05) is 11.9 Å². The summed E-state index contributed by atoms with van der Waals surface area (Å²) in [4.78, 5) is 25.0. The first-order valence-corrected chi connectivity index (χ1v) is 7.81. The molecule has 1 aromatic rings. The number of benzene rings is 1. The molecule has 0 heterocycles. The van der Waals surface area contributed by atoms with Gasteiger partial charge in [-0.15, -0.1) is 0 Å². The van der Waals surface area contributed by atoms with Gasteiger partial charge in [-0.25, -0.2) is 0 Å². The van der Waals surface area contributed by atoms with E-state index < -0.39 is 12.0 Å². The maximum Gasteiger partial charge on any atom is 0.320 e. The summed E-state index contributed by atoms with van der Waals surface area (Å²) in [5.74, 6) is -0.946. The molecular formula is C15H19BrN2O3. The molecule has 1 aliphatic rings. The molecule has 0 aromatic heterocycles. The van der Waals surface area contributed by atoms with Crippen LogP contribution in [-0.2, 0) is 9.59 Å². The summed E-state index contributed by atoms with van der Waals surface area (Å²) < 4.78 is 0.830. The van der Waals surface area contributed by atoms with Gasteiger partial charge in [-0.05, 0) is 47.8 Å². The van der Waals surface area contributed by atoms with Crippen LogP contribution < -0.4 is 5.32 Å². The van der Waals surface area contributed by atoms with E-state index in [4.69, 9.17) is 5.11 Å². The molecule has 1 unspecified atom stereocenters. The lowest BCUT2D eigenvalue weighted by molar-refractivity contribution is -0.143. The Hall–Kier alpha value is -1.40. The van der Waals surface area contributed by atoms with Crippen LogP contribution in [0, 0.1) is 0 Å². The molecule has 0 saturated heterocycles. The van der Waals surface area contributed by atoms with E-state index in [0.717, 1.165) is 23.0 Å². The number of carboxylic acids is 1. The second kappa shape index (κ2) is 7.04. The maximum atomic E-state index is 12.0. The SMILES string of the molecule is CC(C(=O)O)N(CCC(=O)Nc1ccccc1Br)C1CC1. The number of amides is 1. The van der Waals surface area contributed by atoms with E-state index in [-0.39, 0.29) is 12.3 Å². The van der Waals surface area contributed by atoms with Gasteiger partial charge in [0, 0.05) is 23.5 Å². The highest BCUT2D eigenvalue weighted by molar-refractivity contribution is 9.10. The summed E-state index contributed by atoms with van der Waals surface area (Å²) in [5, 5.41) is 12.0. The Kier molecular flexibility index (Phi) is 5.36. The number of carboxylic acid groups (broad SMARTS) is 1. The van der Waals surface area contributed by atoms with Crippen LogP contribution in [-0.4, -0.2) is 40.5 Å². The molecule has 0 bridgehead atoms. The van der Waals surface area contributed by atoms with Gasteiger partial charge in [-0.1, -0.05) is 12.1 Å². The van der Waals surface area contributed by atoms with E-state index in [0.29, 0.717) is 12.6 Å². The summed E-state index contributed by atoms with van der Waals surface area (Å²) in [6.07, 6.45) is 2.32. The number of nitrogens with one attached hydrogen (secondary N) is 1. The van der Waals surface area contributed by atoms with E-state index in [1.54, 1.807) is 6.92 Å². The molecule has 114 valence electrons. The number of rotatable bonds is 7. The number of hydrogen-bond donors (Lipinski definition) is 2. The monoisotopic (exact) mass is 354 g/mol.